The van der Waals surface area contributed by atoms with E-state index in [1.54, 1.807) is 42.8 Å². The first kappa shape index (κ1) is 30.8. The highest BCUT2D eigenvalue weighted by Gasteiger charge is 2.34. The summed E-state index contributed by atoms with van der Waals surface area (Å²) in [7, 11) is 1.57. The molecule has 2 aromatic carbocycles. The van der Waals surface area contributed by atoms with Crippen LogP contribution in [0.5, 0.6) is 0 Å². The molecule has 3 heterocycles. The molecule has 0 radical (unpaired) electrons. The average molecular weight is 675 g/mol. The highest BCUT2D eigenvalue weighted by Crippen LogP contribution is 2.35. The van der Waals surface area contributed by atoms with Crippen molar-refractivity contribution < 1.29 is 19.1 Å². The summed E-state index contributed by atoms with van der Waals surface area (Å²) in [5.74, 6) is -0.199. The maximum absolute atomic E-state index is 14.3. The number of fused-ring (bicyclic) bond motifs is 3. The van der Waals surface area contributed by atoms with E-state index in [-0.39, 0.29) is 49.1 Å². The average Bonchev–Trinajstić information content (AvgIpc) is 3.78. The highest BCUT2D eigenvalue weighted by atomic mass is 79.9. The summed E-state index contributed by atoms with van der Waals surface area (Å²) in [6, 6.07) is 12.3. The van der Waals surface area contributed by atoms with Crippen LogP contribution in [-0.4, -0.2) is 61.6 Å². The first-order chi connectivity index (χ1) is 21.6. The fourth-order valence-electron chi connectivity index (χ4n) is 5.92. The maximum Gasteiger partial charge on any atom is 0.307 e. The van der Waals surface area contributed by atoms with Gasteiger partial charge in [-0.15, -0.1) is 0 Å². The molecule has 11 heteroatoms. The predicted molar refractivity (Wildman–Crippen MR) is 172 cm³/mol. The van der Waals surface area contributed by atoms with Crippen LogP contribution in [0.4, 0.5) is 0 Å². The number of esters is 1. The summed E-state index contributed by atoms with van der Waals surface area (Å²) in [6.07, 6.45) is 5.58. The Balaban J connectivity index is 1.38. The van der Waals surface area contributed by atoms with Crippen LogP contribution in [0, 0.1) is 12.8 Å². The molecular formula is C34H36BrN5O5. The predicted octanol–water partition coefficient (Wildman–Crippen LogP) is 5.08. The summed E-state index contributed by atoms with van der Waals surface area (Å²) >= 11 is 3.51. The van der Waals surface area contributed by atoms with Gasteiger partial charge in [0, 0.05) is 46.2 Å². The van der Waals surface area contributed by atoms with Gasteiger partial charge in [0.1, 0.15) is 5.65 Å². The summed E-state index contributed by atoms with van der Waals surface area (Å²) in [4.78, 5) is 55.7. The minimum absolute atomic E-state index is 0.0823. The molecule has 2 aromatic heterocycles. The number of hydrogen-bond acceptors (Lipinski definition) is 6. The summed E-state index contributed by atoms with van der Waals surface area (Å²) in [5.41, 5.74) is 5.50. The monoisotopic (exact) mass is 673 g/mol. The maximum atomic E-state index is 14.3. The van der Waals surface area contributed by atoms with E-state index < -0.39 is 0 Å². The normalized spacial score (nSPS) is 16.0. The topological polar surface area (TPSA) is 106 Å². The molecule has 1 atom stereocenters. The molecule has 234 valence electrons. The van der Waals surface area contributed by atoms with Crippen molar-refractivity contribution in [1.29, 1.82) is 0 Å². The van der Waals surface area contributed by atoms with E-state index in [1.165, 1.54) is 4.90 Å². The van der Waals surface area contributed by atoms with Gasteiger partial charge in [-0.05, 0) is 93.5 Å². The molecule has 1 aliphatic heterocycles. The highest BCUT2D eigenvalue weighted by molar-refractivity contribution is 9.10. The van der Waals surface area contributed by atoms with Gasteiger partial charge in [0.2, 0.25) is 0 Å². The molecule has 0 spiro atoms. The zero-order valence-electron chi connectivity index (χ0n) is 25.9. The third-order valence-corrected chi connectivity index (χ3v) is 9.63. The largest absolute Gasteiger partial charge is 0.444 e. The number of halogens is 1. The van der Waals surface area contributed by atoms with Gasteiger partial charge in [0.25, 0.3) is 17.4 Å². The van der Waals surface area contributed by atoms with E-state index in [1.807, 2.05) is 47.7 Å². The Kier molecular flexibility index (Phi) is 8.39. The zero-order valence-corrected chi connectivity index (χ0v) is 27.5. The van der Waals surface area contributed by atoms with Gasteiger partial charge in [-0.2, -0.15) is 5.10 Å². The lowest BCUT2D eigenvalue weighted by atomic mass is 9.98. The minimum atomic E-state index is -0.381. The number of carbonyl (C=O) groups excluding carboxylic acids is 3. The third-order valence-electron chi connectivity index (χ3n) is 8.74. The third kappa shape index (κ3) is 5.93. The van der Waals surface area contributed by atoms with Crippen molar-refractivity contribution in [2.75, 3.05) is 13.8 Å². The van der Waals surface area contributed by atoms with Gasteiger partial charge in [-0.25, -0.2) is 4.52 Å². The molecular weight excluding hydrogens is 638 g/mol. The Hall–Kier alpha value is -4.25. The van der Waals surface area contributed by atoms with E-state index in [4.69, 9.17) is 9.84 Å². The molecule has 1 fully saturated rings. The first-order valence-corrected chi connectivity index (χ1v) is 16.1. The Morgan fingerprint density at radius 3 is 2.47 bits per heavy atom. The van der Waals surface area contributed by atoms with Crippen molar-refractivity contribution in [2.45, 2.75) is 65.5 Å². The van der Waals surface area contributed by atoms with Crippen molar-refractivity contribution in [2.24, 2.45) is 5.92 Å². The van der Waals surface area contributed by atoms with Crippen LogP contribution in [0.3, 0.4) is 0 Å². The van der Waals surface area contributed by atoms with Crippen molar-refractivity contribution in [3.8, 4) is 5.69 Å². The fourth-order valence-corrected chi connectivity index (χ4v) is 6.17. The van der Waals surface area contributed by atoms with Crippen molar-refractivity contribution in [3.63, 3.8) is 0 Å². The van der Waals surface area contributed by atoms with Crippen LogP contribution in [0.1, 0.15) is 76.2 Å². The SMILES string of the molecule is CCC(=O)OCN(C)C(=O)c1ccc(-n2c(=O)c3c(n4ncc(CC5CC5)c24)CN(C(=O)c2ccc(Br)c(C)c2)[C@H](C)C3)cc1. The molecule has 0 bridgehead atoms. The number of rotatable bonds is 8. The van der Waals surface area contributed by atoms with Gasteiger partial charge in [-0.3, -0.25) is 23.7 Å². The van der Waals surface area contributed by atoms with Gasteiger partial charge in [0.05, 0.1) is 24.1 Å². The van der Waals surface area contributed by atoms with Gasteiger partial charge >= 0.3 is 5.97 Å². The smallest absolute Gasteiger partial charge is 0.307 e. The van der Waals surface area contributed by atoms with Crippen LogP contribution in [-0.2, 0) is 28.9 Å². The van der Waals surface area contributed by atoms with E-state index in [2.05, 4.69) is 15.9 Å². The Morgan fingerprint density at radius 1 is 1.09 bits per heavy atom. The number of ether oxygens (including phenoxy) is 1. The Labute approximate surface area is 269 Å². The quantitative estimate of drug-likeness (QED) is 0.191. The van der Waals surface area contributed by atoms with Crippen LogP contribution in [0.25, 0.3) is 11.3 Å². The number of aromatic nitrogens is 3. The van der Waals surface area contributed by atoms with E-state index in [9.17, 15) is 19.2 Å². The van der Waals surface area contributed by atoms with Crippen LogP contribution in [0.15, 0.2) is 57.9 Å². The lowest BCUT2D eigenvalue weighted by Crippen LogP contribution is -2.46. The summed E-state index contributed by atoms with van der Waals surface area (Å²) < 4.78 is 9.58. The zero-order chi connectivity index (χ0) is 32.0. The molecule has 0 N–H and O–H groups in total. The van der Waals surface area contributed by atoms with Gasteiger partial charge in [0.15, 0.2) is 6.73 Å². The molecule has 45 heavy (non-hydrogen) atoms. The van der Waals surface area contributed by atoms with Crippen molar-refractivity contribution in [3.05, 3.63) is 97.0 Å². The molecule has 0 unspecified atom stereocenters. The Bertz CT molecular complexity index is 1870. The first-order valence-electron chi connectivity index (χ1n) is 15.3. The van der Waals surface area contributed by atoms with Crippen LogP contribution >= 0.6 is 15.9 Å². The number of hydrogen-bond donors (Lipinski definition) is 0. The number of benzene rings is 2. The fraction of sp³-hybridized carbons (Fsp3) is 0.382. The standard InChI is InChI=1S/C34H36BrN5O5/c1-5-30(41)45-19-37(4)32(42)23-8-11-26(12-9-23)39-31-25(16-22-6-7-22)17-36-40(31)29-18-38(21(3)15-27(29)34(39)44)33(43)24-10-13-28(35)20(2)14-24/h8-14,17,21-22H,5-7,15-16,18-19H2,1-4H3/t21-/m1/s1. The second-order valence-corrected chi connectivity index (χ2v) is 13.0. The summed E-state index contributed by atoms with van der Waals surface area (Å²) in [5, 5.41) is 4.78. The molecule has 2 aliphatic rings. The van der Waals surface area contributed by atoms with E-state index in [0.29, 0.717) is 40.4 Å². The van der Waals surface area contributed by atoms with Crippen molar-refractivity contribution in [1.82, 2.24) is 24.0 Å². The lowest BCUT2D eigenvalue weighted by molar-refractivity contribution is -0.146. The number of amides is 2. The molecule has 4 aromatic rings. The second kappa shape index (κ2) is 12.3. The number of carbonyl (C=O) groups is 3. The molecule has 1 saturated carbocycles. The summed E-state index contributed by atoms with van der Waals surface area (Å²) in [6.45, 7) is 5.75. The van der Waals surface area contributed by atoms with E-state index >= 15 is 0 Å². The second-order valence-electron chi connectivity index (χ2n) is 12.1. The number of aryl methyl sites for hydroxylation is 1. The van der Waals surface area contributed by atoms with Crippen molar-refractivity contribution >= 4 is 39.4 Å². The van der Waals surface area contributed by atoms with Crippen LogP contribution in [0.2, 0.25) is 0 Å². The minimum Gasteiger partial charge on any atom is -0.444 e. The molecule has 6 rings (SSSR count). The molecule has 2 amide bonds. The van der Waals surface area contributed by atoms with Gasteiger partial charge < -0.3 is 14.5 Å². The lowest BCUT2D eigenvalue weighted by Gasteiger charge is -2.35. The van der Waals surface area contributed by atoms with Crippen LogP contribution < -0.4 is 5.56 Å². The van der Waals surface area contributed by atoms with Gasteiger partial charge in [-0.1, -0.05) is 22.9 Å². The number of nitrogens with zero attached hydrogens (tertiary/aromatic N) is 5. The Morgan fingerprint density at radius 2 is 1.80 bits per heavy atom. The molecule has 1 aliphatic carbocycles. The molecule has 0 saturated heterocycles. The molecule has 10 nitrogen and oxygen atoms in total. The van der Waals surface area contributed by atoms with E-state index in [0.717, 1.165) is 40.6 Å².